The fraction of sp³-hybridized carbons (Fsp3) is 0.462. The van der Waals surface area contributed by atoms with E-state index in [1.165, 1.54) is 11.8 Å². The Morgan fingerprint density at radius 3 is 2.69 bits per heavy atom. The lowest BCUT2D eigenvalue weighted by molar-refractivity contribution is -0.112. The van der Waals surface area contributed by atoms with Crippen molar-refractivity contribution in [2.24, 2.45) is 0 Å². The van der Waals surface area contributed by atoms with Crippen LogP contribution in [0, 0.1) is 0 Å². The first-order valence-electron chi connectivity index (χ1n) is 5.62. The maximum absolute atomic E-state index is 11.5. The van der Waals surface area contributed by atoms with Crippen LogP contribution in [0.5, 0.6) is 0 Å². The summed E-state index contributed by atoms with van der Waals surface area (Å²) in [5, 5.41) is 9.89. The summed E-state index contributed by atoms with van der Waals surface area (Å²) in [5.74, 6) is 0.858. The minimum absolute atomic E-state index is 0.0739. The van der Waals surface area contributed by atoms with E-state index >= 15 is 0 Å². The molecule has 0 amide bonds. The van der Waals surface area contributed by atoms with Crippen molar-refractivity contribution in [2.45, 2.75) is 32.3 Å². The highest BCUT2D eigenvalue weighted by atomic mass is 32.2. The normalized spacial score (nSPS) is 12.4. The number of carbonyl (C=O) groups is 1. The Kier molecular flexibility index (Phi) is 6.19. The van der Waals surface area contributed by atoms with Crippen molar-refractivity contribution in [1.82, 2.24) is 0 Å². The molecule has 0 fully saturated rings. The summed E-state index contributed by atoms with van der Waals surface area (Å²) in [6, 6.07) is 9.32. The number of hydrogen-bond acceptors (Lipinski definition) is 3. The van der Waals surface area contributed by atoms with Gasteiger partial charge in [-0.1, -0.05) is 55.4 Å². The van der Waals surface area contributed by atoms with Crippen molar-refractivity contribution in [1.29, 1.82) is 0 Å². The third-order valence-electron chi connectivity index (χ3n) is 2.31. The summed E-state index contributed by atoms with van der Waals surface area (Å²) in [6.45, 7) is 2.10. The van der Waals surface area contributed by atoms with Crippen LogP contribution in [0.1, 0.15) is 37.9 Å². The van der Waals surface area contributed by atoms with E-state index in [1.54, 1.807) is 0 Å². The van der Waals surface area contributed by atoms with Crippen molar-refractivity contribution in [3.05, 3.63) is 35.9 Å². The molecule has 0 unspecified atom stereocenters. The molecule has 0 spiro atoms. The zero-order chi connectivity index (χ0) is 11.8. The van der Waals surface area contributed by atoms with E-state index in [0.29, 0.717) is 0 Å². The Balaban J connectivity index is 2.34. The minimum atomic E-state index is -0.664. The number of unbranched alkanes of at least 4 members (excludes halogenated alkanes) is 1. The lowest BCUT2D eigenvalue weighted by atomic mass is 10.1. The highest BCUT2D eigenvalue weighted by Gasteiger charge is 2.12. The lowest BCUT2D eigenvalue weighted by Gasteiger charge is -2.09. The van der Waals surface area contributed by atoms with E-state index in [4.69, 9.17) is 0 Å². The van der Waals surface area contributed by atoms with Gasteiger partial charge < -0.3 is 5.11 Å². The van der Waals surface area contributed by atoms with Crippen LogP contribution in [-0.2, 0) is 4.79 Å². The van der Waals surface area contributed by atoms with Crippen LogP contribution in [0.4, 0.5) is 0 Å². The van der Waals surface area contributed by atoms with Crippen LogP contribution in [0.2, 0.25) is 0 Å². The van der Waals surface area contributed by atoms with Crippen molar-refractivity contribution in [3.8, 4) is 0 Å². The molecular formula is C13H18O2S. The molecular weight excluding hydrogens is 220 g/mol. The van der Waals surface area contributed by atoms with Crippen LogP contribution in [-0.4, -0.2) is 16.0 Å². The van der Waals surface area contributed by atoms with Gasteiger partial charge in [0.2, 0.25) is 0 Å². The third-order valence-corrected chi connectivity index (χ3v) is 3.29. The Morgan fingerprint density at radius 2 is 2.06 bits per heavy atom. The molecule has 1 aromatic rings. The SMILES string of the molecule is CCCCSC(=O)C[C@@H](O)c1ccccc1. The number of thioether (sulfide) groups is 1. The number of benzene rings is 1. The van der Waals surface area contributed by atoms with Crippen molar-refractivity contribution in [2.75, 3.05) is 5.75 Å². The van der Waals surface area contributed by atoms with Gasteiger partial charge in [0.1, 0.15) is 0 Å². The fourth-order valence-electron chi connectivity index (χ4n) is 1.34. The molecule has 1 rings (SSSR count). The maximum atomic E-state index is 11.5. The zero-order valence-electron chi connectivity index (χ0n) is 9.56. The first kappa shape index (κ1) is 13.3. The molecule has 16 heavy (non-hydrogen) atoms. The highest BCUT2D eigenvalue weighted by molar-refractivity contribution is 8.13. The first-order chi connectivity index (χ1) is 7.74. The quantitative estimate of drug-likeness (QED) is 0.773. The van der Waals surface area contributed by atoms with E-state index in [-0.39, 0.29) is 11.5 Å². The van der Waals surface area contributed by atoms with Gasteiger partial charge in [-0.05, 0) is 12.0 Å². The molecule has 1 atom stereocenters. The van der Waals surface area contributed by atoms with E-state index in [0.717, 1.165) is 24.2 Å². The predicted molar refractivity (Wildman–Crippen MR) is 68.4 cm³/mol. The number of aliphatic hydroxyl groups excluding tert-OH is 1. The van der Waals surface area contributed by atoms with Gasteiger partial charge in [-0.2, -0.15) is 0 Å². The largest absolute Gasteiger partial charge is 0.388 e. The van der Waals surface area contributed by atoms with Crippen molar-refractivity contribution >= 4 is 16.9 Å². The summed E-state index contributed by atoms with van der Waals surface area (Å²) in [4.78, 5) is 11.5. The summed E-state index contributed by atoms with van der Waals surface area (Å²) < 4.78 is 0. The number of hydrogen-bond donors (Lipinski definition) is 1. The van der Waals surface area contributed by atoms with Gasteiger partial charge in [0, 0.05) is 12.2 Å². The van der Waals surface area contributed by atoms with Crippen LogP contribution in [0.15, 0.2) is 30.3 Å². The standard InChI is InChI=1S/C13H18O2S/c1-2-3-9-16-13(15)10-12(14)11-7-5-4-6-8-11/h4-8,12,14H,2-3,9-10H2,1H3/t12-/m1/s1. The average Bonchev–Trinajstić information content (AvgIpc) is 2.30. The van der Waals surface area contributed by atoms with Crippen LogP contribution < -0.4 is 0 Å². The summed E-state index contributed by atoms with van der Waals surface area (Å²) in [5.41, 5.74) is 0.812. The molecule has 88 valence electrons. The maximum Gasteiger partial charge on any atom is 0.191 e. The molecule has 2 nitrogen and oxygen atoms in total. The molecule has 3 heteroatoms. The monoisotopic (exact) mass is 238 g/mol. The first-order valence-corrected chi connectivity index (χ1v) is 6.61. The van der Waals surface area contributed by atoms with Gasteiger partial charge in [-0.15, -0.1) is 0 Å². The highest BCUT2D eigenvalue weighted by Crippen LogP contribution is 2.20. The molecule has 0 saturated carbocycles. The Labute approximate surface area is 101 Å². The number of carbonyl (C=O) groups excluding carboxylic acids is 1. The van der Waals surface area contributed by atoms with Gasteiger partial charge in [0.05, 0.1) is 6.10 Å². The second-order valence-corrected chi connectivity index (χ2v) is 4.86. The van der Waals surface area contributed by atoms with E-state index in [1.807, 2.05) is 30.3 Å². The number of rotatable bonds is 6. The fourth-order valence-corrected chi connectivity index (χ4v) is 2.28. The topological polar surface area (TPSA) is 37.3 Å². The van der Waals surface area contributed by atoms with E-state index in [9.17, 15) is 9.90 Å². The predicted octanol–water partition coefficient (Wildman–Crippen LogP) is 3.17. The van der Waals surface area contributed by atoms with E-state index < -0.39 is 6.10 Å². The molecule has 0 radical (unpaired) electrons. The third kappa shape index (κ3) is 4.81. The summed E-state index contributed by atoms with van der Waals surface area (Å²) in [6.07, 6.45) is 1.69. The molecule has 0 aromatic heterocycles. The van der Waals surface area contributed by atoms with Gasteiger partial charge >= 0.3 is 0 Å². The molecule has 0 aliphatic heterocycles. The molecule has 0 heterocycles. The van der Waals surface area contributed by atoms with Crippen LogP contribution in [0.3, 0.4) is 0 Å². The minimum Gasteiger partial charge on any atom is -0.388 e. The molecule has 1 aromatic carbocycles. The second kappa shape index (κ2) is 7.47. The number of aliphatic hydroxyl groups is 1. The van der Waals surface area contributed by atoms with Crippen LogP contribution in [0.25, 0.3) is 0 Å². The van der Waals surface area contributed by atoms with E-state index in [2.05, 4.69) is 6.92 Å². The van der Waals surface area contributed by atoms with Crippen molar-refractivity contribution < 1.29 is 9.90 Å². The molecule has 0 aliphatic rings. The Hall–Kier alpha value is -0.800. The molecule has 1 N–H and O–H groups in total. The van der Waals surface area contributed by atoms with Gasteiger partial charge in [0.15, 0.2) is 5.12 Å². The van der Waals surface area contributed by atoms with Crippen LogP contribution >= 0.6 is 11.8 Å². The summed E-state index contributed by atoms with van der Waals surface area (Å²) in [7, 11) is 0. The van der Waals surface area contributed by atoms with Gasteiger partial charge in [-0.3, -0.25) is 4.79 Å². The molecule has 0 aliphatic carbocycles. The lowest BCUT2D eigenvalue weighted by Crippen LogP contribution is -2.04. The summed E-state index contributed by atoms with van der Waals surface area (Å²) >= 11 is 1.33. The smallest absolute Gasteiger partial charge is 0.191 e. The second-order valence-electron chi connectivity index (χ2n) is 3.70. The molecule has 0 bridgehead atoms. The Bertz CT molecular complexity index is 311. The van der Waals surface area contributed by atoms with Crippen molar-refractivity contribution in [3.63, 3.8) is 0 Å². The van der Waals surface area contributed by atoms with Gasteiger partial charge in [-0.25, -0.2) is 0 Å². The molecule has 0 saturated heterocycles. The van der Waals surface area contributed by atoms with Gasteiger partial charge in [0.25, 0.3) is 0 Å². The Morgan fingerprint density at radius 1 is 1.38 bits per heavy atom. The zero-order valence-corrected chi connectivity index (χ0v) is 10.4. The average molecular weight is 238 g/mol.